The van der Waals surface area contributed by atoms with E-state index in [1.165, 1.54) is 12.1 Å². The SMILES string of the molecule is Nc1ccc2c(c1)CN(C1CC1)C2=O.O=C1c2ccc([N+](=O)[O-])cc2CN1C1CC1. The first-order valence-electron chi connectivity index (χ1n) is 10.2. The molecule has 2 N–H and O–H groups in total. The summed E-state index contributed by atoms with van der Waals surface area (Å²) in [6, 6.07) is 10.9. The second-order valence-corrected chi connectivity index (χ2v) is 8.34. The first kappa shape index (κ1) is 18.6. The number of carbonyl (C=O) groups excluding carboxylic acids is 2. The lowest BCUT2D eigenvalue weighted by Gasteiger charge is -2.13. The fraction of sp³-hybridized carbons (Fsp3) is 0.364. The first-order valence-corrected chi connectivity index (χ1v) is 10.2. The number of nitrogen functional groups attached to an aromatic ring is 1. The molecule has 0 aromatic heterocycles. The van der Waals surface area contributed by atoms with Crippen LogP contribution >= 0.6 is 0 Å². The van der Waals surface area contributed by atoms with Gasteiger partial charge in [-0.15, -0.1) is 0 Å². The lowest BCUT2D eigenvalue weighted by atomic mass is 10.1. The summed E-state index contributed by atoms with van der Waals surface area (Å²) >= 11 is 0. The lowest BCUT2D eigenvalue weighted by Crippen LogP contribution is -2.25. The Labute approximate surface area is 173 Å². The summed E-state index contributed by atoms with van der Waals surface area (Å²) in [6.07, 6.45) is 4.44. The van der Waals surface area contributed by atoms with Crippen LogP contribution in [0, 0.1) is 10.1 Å². The molecule has 2 heterocycles. The maximum atomic E-state index is 11.9. The molecule has 8 nitrogen and oxygen atoms in total. The van der Waals surface area contributed by atoms with E-state index in [9.17, 15) is 19.7 Å². The zero-order valence-electron chi connectivity index (χ0n) is 16.4. The van der Waals surface area contributed by atoms with E-state index in [0.29, 0.717) is 24.2 Å². The Bertz CT molecular complexity index is 1070. The van der Waals surface area contributed by atoms with Crippen molar-refractivity contribution in [1.82, 2.24) is 9.80 Å². The van der Waals surface area contributed by atoms with Crippen molar-refractivity contribution in [2.45, 2.75) is 50.9 Å². The molecule has 2 aromatic rings. The molecule has 0 saturated heterocycles. The zero-order chi connectivity index (χ0) is 21.0. The van der Waals surface area contributed by atoms with Crippen molar-refractivity contribution < 1.29 is 14.5 Å². The van der Waals surface area contributed by atoms with Crippen molar-refractivity contribution in [2.75, 3.05) is 5.73 Å². The molecule has 0 bridgehead atoms. The van der Waals surface area contributed by atoms with Crippen LogP contribution in [0.25, 0.3) is 0 Å². The van der Waals surface area contributed by atoms with Gasteiger partial charge in [0.05, 0.1) is 4.92 Å². The monoisotopic (exact) mass is 406 g/mol. The van der Waals surface area contributed by atoms with Crippen LogP contribution in [0.5, 0.6) is 0 Å². The number of nitrogens with two attached hydrogens (primary N) is 1. The van der Waals surface area contributed by atoms with E-state index in [1.807, 2.05) is 21.9 Å². The highest BCUT2D eigenvalue weighted by Crippen LogP contribution is 2.36. The number of benzene rings is 2. The van der Waals surface area contributed by atoms with Gasteiger partial charge in [-0.1, -0.05) is 0 Å². The molecule has 2 saturated carbocycles. The third-order valence-corrected chi connectivity index (χ3v) is 6.07. The number of non-ortho nitro benzene ring substituents is 1. The van der Waals surface area contributed by atoms with Crippen molar-refractivity contribution in [3.63, 3.8) is 0 Å². The summed E-state index contributed by atoms with van der Waals surface area (Å²) in [4.78, 5) is 37.8. The summed E-state index contributed by atoms with van der Waals surface area (Å²) in [6.45, 7) is 1.28. The first-order chi connectivity index (χ1) is 14.4. The molecule has 154 valence electrons. The average molecular weight is 406 g/mol. The number of carbonyl (C=O) groups is 2. The number of nitro groups is 1. The smallest absolute Gasteiger partial charge is 0.269 e. The van der Waals surface area contributed by atoms with Crippen LogP contribution in [0.15, 0.2) is 36.4 Å². The van der Waals surface area contributed by atoms with Gasteiger partial charge in [0.15, 0.2) is 0 Å². The van der Waals surface area contributed by atoms with Crippen molar-refractivity contribution in [2.24, 2.45) is 0 Å². The van der Waals surface area contributed by atoms with Crippen LogP contribution in [0.2, 0.25) is 0 Å². The molecule has 2 fully saturated rings. The summed E-state index contributed by atoms with van der Waals surface area (Å²) in [7, 11) is 0. The molecule has 0 unspecified atom stereocenters. The Kier molecular flexibility index (Phi) is 4.23. The van der Waals surface area contributed by atoms with Gasteiger partial charge in [-0.05, 0) is 61.1 Å². The van der Waals surface area contributed by atoms with Gasteiger partial charge in [0.25, 0.3) is 17.5 Å². The van der Waals surface area contributed by atoms with Gasteiger partial charge in [-0.25, -0.2) is 0 Å². The van der Waals surface area contributed by atoms with Gasteiger partial charge in [-0.2, -0.15) is 0 Å². The second kappa shape index (κ2) is 6.83. The van der Waals surface area contributed by atoms with Crippen LogP contribution < -0.4 is 5.73 Å². The Morgan fingerprint density at radius 2 is 1.33 bits per heavy atom. The van der Waals surface area contributed by atoms with Gasteiger partial charge < -0.3 is 15.5 Å². The summed E-state index contributed by atoms with van der Waals surface area (Å²) < 4.78 is 0. The highest BCUT2D eigenvalue weighted by molar-refractivity contribution is 5.99. The number of nitrogens with zero attached hydrogens (tertiary/aromatic N) is 3. The van der Waals surface area contributed by atoms with Gasteiger partial charge in [0.1, 0.15) is 0 Å². The zero-order valence-corrected chi connectivity index (χ0v) is 16.4. The molecule has 2 aliphatic heterocycles. The molecule has 6 rings (SSSR count). The predicted molar refractivity (Wildman–Crippen MR) is 110 cm³/mol. The maximum absolute atomic E-state index is 11.9. The number of hydrogen-bond donors (Lipinski definition) is 1. The molecular formula is C22H22N4O4. The standard InChI is InChI=1S/C11H10N2O3.C11H12N2O/c14-11-10-4-3-9(13(15)16)5-7(10)6-12(11)8-1-2-8;12-8-1-4-10-7(5-8)6-13(11(10)14)9-2-3-9/h3-5,8H,1-2,6H2;1,4-5,9H,2-3,6,12H2. The number of hydrogen-bond acceptors (Lipinski definition) is 5. The largest absolute Gasteiger partial charge is 0.399 e. The Hall–Kier alpha value is -3.42. The van der Waals surface area contributed by atoms with E-state index in [4.69, 9.17) is 5.73 Å². The Morgan fingerprint density at radius 1 is 0.833 bits per heavy atom. The molecular weight excluding hydrogens is 384 g/mol. The third-order valence-electron chi connectivity index (χ3n) is 6.07. The van der Waals surface area contributed by atoms with E-state index >= 15 is 0 Å². The molecule has 0 radical (unpaired) electrons. The summed E-state index contributed by atoms with van der Waals surface area (Å²) in [5, 5.41) is 10.6. The van der Waals surface area contributed by atoms with Gasteiger partial charge in [0, 0.05) is 54.1 Å². The number of fused-ring (bicyclic) bond motifs is 2. The second-order valence-electron chi connectivity index (χ2n) is 8.34. The molecule has 2 aromatic carbocycles. The van der Waals surface area contributed by atoms with Crippen molar-refractivity contribution in [1.29, 1.82) is 0 Å². The van der Waals surface area contributed by atoms with E-state index in [2.05, 4.69) is 0 Å². The molecule has 0 atom stereocenters. The molecule has 30 heavy (non-hydrogen) atoms. The van der Waals surface area contributed by atoms with Crippen LogP contribution in [0.4, 0.5) is 11.4 Å². The minimum absolute atomic E-state index is 0.0207. The van der Waals surface area contributed by atoms with Gasteiger partial charge in [-0.3, -0.25) is 19.7 Å². The molecule has 8 heteroatoms. The number of rotatable bonds is 3. The van der Waals surface area contributed by atoms with Crippen molar-refractivity contribution in [3.8, 4) is 0 Å². The fourth-order valence-electron chi connectivity index (χ4n) is 4.17. The normalized spacial score (nSPS) is 19.3. The highest BCUT2D eigenvalue weighted by atomic mass is 16.6. The van der Waals surface area contributed by atoms with Crippen molar-refractivity contribution >= 4 is 23.2 Å². The quantitative estimate of drug-likeness (QED) is 0.478. The van der Waals surface area contributed by atoms with E-state index < -0.39 is 4.92 Å². The molecule has 4 aliphatic rings. The number of nitro benzene ring substituents is 1. The van der Waals surface area contributed by atoms with Crippen molar-refractivity contribution in [3.05, 3.63) is 68.8 Å². The third kappa shape index (κ3) is 3.28. The molecule has 2 amide bonds. The van der Waals surface area contributed by atoms with Crippen LogP contribution in [0.1, 0.15) is 57.5 Å². The maximum Gasteiger partial charge on any atom is 0.269 e. The lowest BCUT2D eigenvalue weighted by molar-refractivity contribution is -0.384. The summed E-state index contributed by atoms with van der Waals surface area (Å²) in [5.74, 6) is 0.204. The van der Waals surface area contributed by atoms with Crippen LogP contribution in [0.3, 0.4) is 0 Å². The van der Waals surface area contributed by atoms with E-state index in [-0.39, 0.29) is 17.5 Å². The average Bonchev–Trinajstić information content (AvgIpc) is 3.65. The Balaban J connectivity index is 0.000000130. The fourth-order valence-corrected chi connectivity index (χ4v) is 4.17. The highest BCUT2D eigenvalue weighted by Gasteiger charge is 2.39. The summed E-state index contributed by atoms with van der Waals surface area (Å²) in [5.41, 5.74) is 9.82. The topological polar surface area (TPSA) is 110 Å². The van der Waals surface area contributed by atoms with Gasteiger partial charge in [0.2, 0.25) is 0 Å². The minimum atomic E-state index is -0.426. The van der Waals surface area contributed by atoms with Gasteiger partial charge >= 0.3 is 0 Å². The predicted octanol–water partition coefficient (Wildman–Crippen LogP) is 3.10. The number of amides is 2. The molecule has 0 spiro atoms. The van der Waals surface area contributed by atoms with Crippen LogP contribution in [-0.2, 0) is 13.1 Å². The number of anilines is 1. The van der Waals surface area contributed by atoms with E-state index in [1.54, 1.807) is 12.1 Å². The minimum Gasteiger partial charge on any atom is -0.399 e. The Morgan fingerprint density at radius 3 is 1.83 bits per heavy atom. The molecule has 2 aliphatic carbocycles. The van der Waals surface area contributed by atoms with E-state index in [0.717, 1.165) is 54.6 Å². The van der Waals surface area contributed by atoms with Crippen LogP contribution in [-0.4, -0.2) is 38.6 Å².